The van der Waals surface area contributed by atoms with Crippen LogP contribution in [0.4, 0.5) is 5.69 Å². The zero-order valence-electron chi connectivity index (χ0n) is 16.8. The third-order valence-corrected chi connectivity index (χ3v) is 6.12. The van der Waals surface area contributed by atoms with E-state index in [2.05, 4.69) is 21.3 Å². The summed E-state index contributed by atoms with van der Waals surface area (Å²) in [7, 11) is 0. The van der Waals surface area contributed by atoms with Crippen LogP contribution in [-0.4, -0.2) is 30.9 Å². The minimum atomic E-state index is -0.392. The average Bonchev–Trinajstić information content (AvgIpc) is 3.26. The van der Waals surface area contributed by atoms with E-state index in [1.807, 2.05) is 24.3 Å². The number of hydrogen-bond acceptors (Lipinski definition) is 6. The van der Waals surface area contributed by atoms with Gasteiger partial charge in [-0.3, -0.25) is 4.79 Å². The van der Waals surface area contributed by atoms with Gasteiger partial charge in [0.15, 0.2) is 11.5 Å². The lowest BCUT2D eigenvalue weighted by molar-refractivity contribution is 0.174. The summed E-state index contributed by atoms with van der Waals surface area (Å²) in [4.78, 5) is 17.8. The van der Waals surface area contributed by atoms with E-state index in [-0.39, 0.29) is 18.4 Å². The summed E-state index contributed by atoms with van der Waals surface area (Å²) in [6.45, 7) is 2.51. The van der Waals surface area contributed by atoms with E-state index >= 15 is 0 Å². The van der Waals surface area contributed by atoms with Crippen LogP contribution in [0.2, 0.25) is 5.02 Å². The van der Waals surface area contributed by atoms with Gasteiger partial charge >= 0.3 is 0 Å². The summed E-state index contributed by atoms with van der Waals surface area (Å²) in [6.07, 6.45) is 1.81. The molecule has 8 heteroatoms. The summed E-state index contributed by atoms with van der Waals surface area (Å²) in [5, 5.41) is 14.6. The number of nitrogens with one attached hydrogen (secondary N) is 2. The highest BCUT2D eigenvalue weighted by Gasteiger charge is 2.27. The number of hydrogen-bond donors (Lipinski definition) is 2. The van der Waals surface area contributed by atoms with Crippen LogP contribution in [0.25, 0.3) is 10.9 Å². The first-order valence-electron chi connectivity index (χ1n) is 10.3. The van der Waals surface area contributed by atoms with Gasteiger partial charge in [-0.2, -0.15) is 5.26 Å². The molecule has 2 aromatic carbocycles. The number of aromatic nitrogens is 1. The number of benzene rings is 2. The van der Waals surface area contributed by atoms with Gasteiger partial charge in [0.05, 0.1) is 11.2 Å². The Hall–Kier alpha value is -3.21. The molecule has 1 saturated heterocycles. The molecule has 0 radical (unpaired) electrons. The van der Waals surface area contributed by atoms with Crippen LogP contribution >= 0.6 is 11.6 Å². The van der Waals surface area contributed by atoms with Gasteiger partial charge in [0.25, 0.3) is 5.56 Å². The number of fused-ring (bicyclic) bond motifs is 2. The van der Waals surface area contributed by atoms with Crippen molar-refractivity contribution in [3.05, 3.63) is 62.9 Å². The molecule has 2 aliphatic rings. The van der Waals surface area contributed by atoms with Crippen molar-refractivity contribution in [1.29, 1.82) is 5.26 Å². The summed E-state index contributed by atoms with van der Waals surface area (Å²) in [6, 6.07) is 13.5. The molecule has 2 aliphatic heterocycles. The first kappa shape index (κ1) is 19.7. The molecule has 5 rings (SSSR count). The zero-order valence-corrected chi connectivity index (χ0v) is 17.5. The normalized spacial score (nSPS) is 15.7. The topological polar surface area (TPSA) is 90.4 Å². The number of nitriles is 1. The van der Waals surface area contributed by atoms with Crippen LogP contribution in [0, 0.1) is 11.3 Å². The average molecular weight is 437 g/mol. The van der Waals surface area contributed by atoms with E-state index in [0.717, 1.165) is 42.6 Å². The van der Waals surface area contributed by atoms with Gasteiger partial charge in [-0.05, 0) is 61.8 Å². The third-order valence-electron chi connectivity index (χ3n) is 5.89. The summed E-state index contributed by atoms with van der Waals surface area (Å²) >= 11 is 6.31. The second-order valence-corrected chi connectivity index (χ2v) is 8.21. The summed E-state index contributed by atoms with van der Waals surface area (Å²) in [5.74, 6) is 1.44. The van der Waals surface area contributed by atoms with Gasteiger partial charge in [0.2, 0.25) is 6.79 Å². The van der Waals surface area contributed by atoms with Gasteiger partial charge < -0.3 is 24.7 Å². The number of rotatable bonds is 4. The molecular formula is C23H21ClN4O3. The maximum absolute atomic E-state index is 12.8. The quantitative estimate of drug-likeness (QED) is 0.650. The first-order chi connectivity index (χ1) is 15.1. The Labute approximate surface area is 184 Å². The fourth-order valence-corrected chi connectivity index (χ4v) is 4.57. The number of nitrogens with zero attached hydrogens (tertiary/aromatic N) is 2. The van der Waals surface area contributed by atoms with Gasteiger partial charge in [0.1, 0.15) is 11.6 Å². The lowest BCUT2D eigenvalue weighted by Crippen LogP contribution is -2.43. The maximum Gasteiger partial charge on any atom is 0.268 e. The molecule has 7 nitrogen and oxygen atoms in total. The van der Waals surface area contributed by atoms with Crippen LogP contribution in [-0.2, 0) is 6.54 Å². The number of anilines is 1. The van der Waals surface area contributed by atoms with Crippen LogP contribution in [0.5, 0.6) is 11.5 Å². The van der Waals surface area contributed by atoms with Crippen molar-refractivity contribution in [3.8, 4) is 17.6 Å². The van der Waals surface area contributed by atoms with E-state index in [1.54, 1.807) is 12.1 Å². The Kier molecular flexibility index (Phi) is 5.18. The third kappa shape index (κ3) is 3.69. The minimum Gasteiger partial charge on any atom is -0.454 e. The number of H-pyrrole nitrogens is 1. The molecule has 0 unspecified atom stereocenters. The predicted molar refractivity (Wildman–Crippen MR) is 119 cm³/mol. The van der Waals surface area contributed by atoms with E-state index in [1.165, 1.54) is 0 Å². The molecule has 0 bridgehead atoms. The molecule has 158 valence electrons. The molecule has 0 amide bonds. The number of piperidine rings is 1. The van der Waals surface area contributed by atoms with Gasteiger partial charge in [-0.1, -0.05) is 17.7 Å². The molecule has 31 heavy (non-hydrogen) atoms. The number of pyridine rings is 1. The van der Waals surface area contributed by atoms with E-state index in [9.17, 15) is 10.1 Å². The van der Waals surface area contributed by atoms with Gasteiger partial charge in [-0.15, -0.1) is 0 Å². The largest absolute Gasteiger partial charge is 0.454 e. The Morgan fingerprint density at radius 3 is 2.74 bits per heavy atom. The van der Waals surface area contributed by atoms with Crippen molar-refractivity contribution < 1.29 is 9.47 Å². The number of aromatic amines is 1. The Bertz CT molecular complexity index is 1240. The van der Waals surface area contributed by atoms with E-state index < -0.39 is 5.56 Å². The van der Waals surface area contributed by atoms with Crippen molar-refractivity contribution in [2.75, 3.05) is 24.8 Å². The van der Waals surface area contributed by atoms with Crippen LogP contribution in [0.15, 0.2) is 41.2 Å². The van der Waals surface area contributed by atoms with Crippen LogP contribution in [0.1, 0.15) is 24.0 Å². The van der Waals surface area contributed by atoms with Crippen molar-refractivity contribution >= 4 is 28.2 Å². The molecule has 1 aromatic heterocycles. The van der Waals surface area contributed by atoms with Crippen molar-refractivity contribution in [1.82, 2.24) is 10.3 Å². The maximum atomic E-state index is 12.8. The molecule has 0 atom stereocenters. The fourth-order valence-electron chi connectivity index (χ4n) is 4.40. The van der Waals surface area contributed by atoms with Gasteiger partial charge in [-0.25, -0.2) is 0 Å². The van der Waals surface area contributed by atoms with Crippen LogP contribution in [0.3, 0.4) is 0 Å². The Morgan fingerprint density at radius 1 is 1.13 bits per heavy atom. The zero-order chi connectivity index (χ0) is 21.4. The Balaban J connectivity index is 1.68. The Morgan fingerprint density at radius 2 is 1.94 bits per heavy atom. The summed E-state index contributed by atoms with van der Waals surface area (Å²) in [5.41, 5.74) is 2.02. The molecule has 1 fully saturated rings. The lowest BCUT2D eigenvalue weighted by atomic mass is 9.99. The second-order valence-electron chi connectivity index (χ2n) is 7.78. The highest BCUT2D eigenvalue weighted by molar-refractivity contribution is 6.31. The highest BCUT2D eigenvalue weighted by Crippen LogP contribution is 2.36. The van der Waals surface area contributed by atoms with Crippen molar-refractivity contribution in [2.45, 2.75) is 25.4 Å². The van der Waals surface area contributed by atoms with E-state index in [0.29, 0.717) is 28.5 Å². The second kappa shape index (κ2) is 8.14. The highest BCUT2D eigenvalue weighted by atomic mass is 35.5. The minimum absolute atomic E-state index is 0.106. The molecule has 0 saturated carbocycles. The molecule has 0 spiro atoms. The standard InChI is InChI=1S/C23H21ClN4O3/c24-15-2-3-19-17(10-15)22(18(11-25)23(29)27-19)28(16-5-7-26-8-6-16)12-14-1-4-20-21(9-14)31-13-30-20/h1-4,9-10,16,26H,5-8,12-13H2,(H,27,29). The smallest absolute Gasteiger partial charge is 0.268 e. The van der Waals surface area contributed by atoms with Crippen molar-refractivity contribution in [3.63, 3.8) is 0 Å². The monoisotopic (exact) mass is 436 g/mol. The molecule has 3 heterocycles. The summed E-state index contributed by atoms with van der Waals surface area (Å²) < 4.78 is 11.0. The van der Waals surface area contributed by atoms with Crippen LogP contribution < -0.4 is 25.2 Å². The van der Waals surface area contributed by atoms with Gasteiger partial charge in [0, 0.05) is 23.0 Å². The molecule has 0 aliphatic carbocycles. The molecular weight excluding hydrogens is 416 g/mol. The molecule has 2 N–H and O–H groups in total. The van der Waals surface area contributed by atoms with Crippen molar-refractivity contribution in [2.24, 2.45) is 0 Å². The number of halogens is 1. The first-order valence-corrected chi connectivity index (χ1v) is 10.6. The fraction of sp³-hybridized carbons (Fsp3) is 0.304. The SMILES string of the molecule is N#Cc1c(N(Cc2ccc3c(c2)OCO3)C2CCNCC2)c2cc(Cl)ccc2[nH]c1=O. The predicted octanol–water partition coefficient (Wildman–Crippen LogP) is 3.54. The molecule has 3 aromatic rings. The lowest BCUT2D eigenvalue weighted by Gasteiger charge is -2.37. The van der Waals surface area contributed by atoms with E-state index in [4.69, 9.17) is 21.1 Å². The number of ether oxygens (including phenoxy) is 2.